The molecule has 1 aliphatic rings. The summed E-state index contributed by atoms with van der Waals surface area (Å²) in [5.74, 6) is 7.00. The summed E-state index contributed by atoms with van der Waals surface area (Å²) in [4.78, 5) is 0. The second-order valence-electron chi connectivity index (χ2n) is 9.12. The fourth-order valence-corrected chi connectivity index (χ4v) is 4.15. The fraction of sp³-hybridized carbons (Fsp3) is 0.500. The van der Waals surface area contributed by atoms with E-state index in [9.17, 15) is 20.4 Å². The van der Waals surface area contributed by atoms with Crippen molar-refractivity contribution in [2.24, 2.45) is 5.92 Å². The van der Waals surface area contributed by atoms with Crippen LogP contribution < -0.4 is 0 Å². The number of ether oxygens (including phenoxy) is 1. The van der Waals surface area contributed by atoms with Crippen LogP contribution in [0, 0.1) is 24.7 Å². The zero-order valence-electron chi connectivity index (χ0n) is 19.7. The SMILES string of the molecule is CCCCC(C)C#Cc1ccc(Cc2cc([C@@H]3O[C@H](CO)[C@@H](O)[C@H](O)C3O)ccc2C)cc1. The third kappa shape index (κ3) is 6.44. The Balaban J connectivity index is 1.73. The number of hydrogen-bond donors (Lipinski definition) is 4. The highest BCUT2D eigenvalue weighted by Gasteiger charge is 2.43. The third-order valence-electron chi connectivity index (χ3n) is 6.40. The van der Waals surface area contributed by atoms with Crippen LogP contribution in [0.5, 0.6) is 0 Å². The predicted octanol–water partition coefficient (Wildman–Crippen LogP) is 3.28. The van der Waals surface area contributed by atoms with Crippen LogP contribution in [0.3, 0.4) is 0 Å². The van der Waals surface area contributed by atoms with E-state index in [0.717, 1.165) is 28.7 Å². The molecule has 2 aromatic carbocycles. The molecule has 0 aliphatic carbocycles. The molecule has 3 rings (SSSR count). The molecule has 4 N–H and O–H groups in total. The molecule has 5 nitrogen and oxygen atoms in total. The molecule has 2 aromatic rings. The summed E-state index contributed by atoms with van der Waals surface area (Å²) in [6.45, 7) is 5.96. The monoisotopic (exact) mass is 452 g/mol. The van der Waals surface area contributed by atoms with E-state index in [2.05, 4.69) is 37.8 Å². The van der Waals surface area contributed by atoms with Gasteiger partial charge in [0, 0.05) is 11.5 Å². The Kier molecular flexibility index (Phi) is 9.08. The van der Waals surface area contributed by atoms with Gasteiger partial charge < -0.3 is 25.2 Å². The van der Waals surface area contributed by atoms with Gasteiger partial charge in [0.15, 0.2) is 0 Å². The molecule has 2 unspecified atom stereocenters. The average molecular weight is 453 g/mol. The second-order valence-corrected chi connectivity index (χ2v) is 9.12. The predicted molar refractivity (Wildman–Crippen MR) is 129 cm³/mol. The van der Waals surface area contributed by atoms with Crippen LogP contribution in [0.4, 0.5) is 0 Å². The highest BCUT2D eigenvalue weighted by Crippen LogP contribution is 2.33. The Morgan fingerprint density at radius 1 is 1.00 bits per heavy atom. The van der Waals surface area contributed by atoms with E-state index in [0.29, 0.717) is 17.9 Å². The van der Waals surface area contributed by atoms with E-state index in [4.69, 9.17) is 4.74 Å². The highest BCUT2D eigenvalue weighted by molar-refractivity contribution is 5.40. The van der Waals surface area contributed by atoms with Crippen LogP contribution in [0.15, 0.2) is 42.5 Å². The summed E-state index contributed by atoms with van der Waals surface area (Å²) >= 11 is 0. The Hall–Kier alpha value is -2.20. The normalized spacial score (nSPS) is 25.8. The van der Waals surface area contributed by atoms with E-state index in [1.54, 1.807) is 0 Å². The van der Waals surface area contributed by atoms with Crippen molar-refractivity contribution in [3.63, 3.8) is 0 Å². The zero-order chi connectivity index (χ0) is 24.0. The molecule has 5 heteroatoms. The number of aliphatic hydroxyl groups is 4. The lowest BCUT2D eigenvalue weighted by Crippen LogP contribution is -2.55. The second kappa shape index (κ2) is 11.8. The maximum absolute atomic E-state index is 10.5. The van der Waals surface area contributed by atoms with Gasteiger partial charge >= 0.3 is 0 Å². The minimum Gasteiger partial charge on any atom is -0.394 e. The maximum Gasteiger partial charge on any atom is 0.113 e. The lowest BCUT2D eigenvalue weighted by atomic mass is 9.89. The summed E-state index contributed by atoms with van der Waals surface area (Å²) < 4.78 is 5.72. The summed E-state index contributed by atoms with van der Waals surface area (Å²) in [5.41, 5.74) is 5.05. The third-order valence-corrected chi connectivity index (χ3v) is 6.40. The largest absolute Gasteiger partial charge is 0.394 e. The summed E-state index contributed by atoms with van der Waals surface area (Å²) in [5, 5.41) is 40.1. The van der Waals surface area contributed by atoms with Crippen LogP contribution in [0.25, 0.3) is 0 Å². The molecule has 0 saturated carbocycles. The van der Waals surface area contributed by atoms with Gasteiger partial charge in [0.2, 0.25) is 0 Å². The van der Waals surface area contributed by atoms with Gasteiger partial charge in [0.25, 0.3) is 0 Å². The van der Waals surface area contributed by atoms with Crippen LogP contribution in [-0.2, 0) is 11.2 Å². The smallest absolute Gasteiger partial charge is 0.113 e. The van der Waals surface area contributed by atoms with Crippen LogP contribution in [-0.4, -0.2) is 51.4 Å². The molecule has 178 valence electrons. The van der Waals surface area contributed by atoms with Crippen LogP contribution >= 0.6 is 0 Å². The van der Waals surface area contributed by atoms with E-state index >= 15 is 0 Å². The minimum atomic E-state index is -1.39. The first-order chi connectivity index (χ1) is 15.8. The molecule has 0 radical (unpaired) electrons. The number of unbranched alkanes of at least 4 members (excludes halogenated alkanes) is 1. The van der Waals surface area contributed by atoms with Gasteiger partial charge in [0.05, 0.1) is 6.61 Å². The first-order valence-electron chi connectivity index (χ1n) is 11.8. The lowest BCUT2D eigenvalue weighted by Gasteiger charge is -2.40. The van der Waals surface area contributed by atoms with Gasteiger partial charge in [-0.15, -0.1) is 0 Å². The standard InChI is InChI=1S/C28H36O5/c1-4-5-6-18(2)7-9-20-10-12-21(13-11-20)15-23-16-22(14-8-19(23)3)28-27(32)26(31)25(30)24(17-29)33-28/h8,10-14,16,18,24-32H,4-6,15,17H2,1-3H3/t18?,24-,25-,26+,27?,28+/m1/s1. The topological polar surface area (TPSA) is 90.2 Å². The number of aryl methyl sites for hydroxylation is 1. The highest BCUT2D eigenvalue weighted by atomic mass is 16.5. The molecule has 0 bridgehead atoms. The quantitative estimate of drug-likeness (QED) is 0.484. The lowest BCUT2D eigenvalue weighted by molar-refractivity contribution is -0.231. The van der Waals surface area contributed by atoms with Crippen molar-refractivity contribution in [3.8, 4) is 11.8 Å². The van der Waals surface area contributed by atoms with Gasteiger partial charge in [-0.25, -0.2) is 0 Å². The number of rotatable bonds is 7. The Labute approximate surface area is 197 Å². The van der Waals surface area contributed by atoms with Crippen LogP contribution in [0.2, 0.25) is 0 Å². The number of hydrogen-bond acceptors (Lipinski definition) is 5. The van der Waals surface area contributed by atoms with E-state index < -0.39 is 37.1 Å². The van der Waals surface area contributed by atoms with Crippen molar-refractivity contribution in [2.75, 3.05) is 6.61 Å². The van der Waals surface area contributed by atoms with Gasteiger partial charge in [-0.05, 0) is 54.2 Å². The van der Waals surface area contributed by atoms with Crippen molar-refractivity contribution in [2.45, 2.75) is 77.0 Å². The molecule has 1 fully saturated rings. The van der Waals surface area contributed by atoms with Gasteiger partial charge in [-0.2, -0.15) is 0 Å². The molecule has 1 aliphatic heterocycles. The minimum absolute atomic E-state index is 0.400. The van der Waals surface area contributed by atoms with Crippen molar-refractivity contribution < 1.29 is 25.2 Å². The molecule has 1 saturated heterocycles. The number of aliphatic hydroxyl groups excluding tert-OH is 4. The van der Waals surface area contributed by atoms with Gasteiger partial charge in [-0.3, -0.25) is 0 Å². The molecule has 0 spiro atoms. The van der Waals surface area contributed by atoms with Crippen molar-refractivity contribution >= 4 is 0 Å². The van der Waals surface area contributed by atoms with Crippen molar-refractivity contribution in [1.82, 2.24) is 0 Å². The molecule has 33 heavy (non-hydrogen) atoms. The Bertz CT molecular complexity index is 956. The van der Waals surface area contributed by atoms with Crippen molar-refractivity contribution in [1.29, 1.82) is 0 Å². The fourth-order valence-electron chi connectivity index (χ4n) is 4.15. The number of benzene rings is 2. The van der Waals surface area contributed by atoms with Gasteiger partial charge in [-0.1, -0.05) is 68.9 Å². The van der Waals surface area contributed by atoms with E-state index in [1.807, 2.05) is 37.3 Å². The van der Waals surface area contributed by atoms with Crippen LogP contribution in [0.1, 0.15) is 67.0 Å². The summed E-state index contributed by atoms with van der Waals surface area (Å²) in [6.07, 6.45) is -1.54. The Morgan fingerprint density at radius 3 is 2.39 bits per heavy atom. The summed E-state index contributed by atoms with van der Waals surface area (Å²) in [6, 6.07) is 14.0. The first-order valence-corrected chi connectivity index (χ1v) is 11.8. The molecule has 0 aromatic heterocycles. The molecular weight excluding hydrogens is 416 g/mol. The van der Waals surface area contributed by atoms with E-state index in [1.165, 1.54) is 12.8 Å². The van der Waals surface area contributed by atoms with Gasteiger partial charge in [0.1, 0.15) is 30.5 Å². The maximum atomic E-state index is 10.5. The summed E-state index contributed by atoms with van der Waals surface area (Å²) in [7, 11) is 0. The molecule has 1 heterocycles. The molecule has 0 amide bonds. The van der Waals surface area contributed by atoms with E-state index in [-0.39, 0.29) is 0 Å². The Morgan fingerprint density at radius 2 is 1.73 bits per heavy atom. The molecule has 6 atom stereocenters. The first kappa shape index (κ1) is 25.4. The molecular formula is C28H36O5. The van der Waals surface area contributed by atoms with Crippen molar-refractivity contribution in [3.05, 3.63) is 70.3 Å². The average Bonchev–Trinajstić information content (AvgIpc) is 2.82. The zero-order valence-corrected chi connectivity index (χ0v) is 19.7.